The molecule has 1 fully saturated rings. The highest BCUT2D eigenvalue weighted by Crippen LogP contribution is 2.31. The summed E-state index contributed by atoms with van der Waals surface area (Å²) in [6, 6.07) is 14.4. The van der Waals surface area contributed by atoms with Gasteiger partial charge in [0.15, 0.2) is 0 Å². The number of imidazole rings is 1. The summed E-state index contributed by atoms with van der Waals surface area (Å²) in [5.41, 5.74) is 9.02. The average molecular weight is 660 g/mol. The van der Waals surface area contributed by atoms with Gasteiger partial charge in [-0.3, -0.25) is 19.6 Å². The molecule has 256 valence electrons. The van der Waals surface area contributed by atoms with Crippen LogP contribution in [0, 0.1) is 6.92 Å². The van der Waals surface area contributed by atoms with E-state index in [1.807, 2.05) is 48.7 Å². The number of nitrogens with zero attached hydrogens (tertiary/aromatic N) is 6. The number of aryl methyl sites for hydroxylation is 3. The number of alkyl carbamates (subject to hydrolysis) is 1. The number of likely N-dealkylation sites (N-methyl/N-ethyl adjacent to an activating group) is 1. The number of carbonyl (C=O) groups is 3. The molecule has 0 saturated carbocycles. The predicted octanol–water partition coefficient (Wildman–Crippen LogP) is 3.25. The van der Waals surface area contributed by atoms with Crippen LogP contribution in [0.2, 0.25) is 0 Å². The number of anilines is 1. The second-order valence-electron chi connectivity index (χ2n) is 11.9. The van der Waals surface area contributed by atoms with E-state index in [0.29, 0.717) is 55.1 Å². The van der Waals surface area contributed by atoms with Gasteiger partial charge in [-0.2, -0.15) is 5.10 Å². The van der Waals surface area contributed by atoms with Crippen molar-refractivity contribution in [3.05, 3.63) is 71.0 Å². The van der Waals surface area contributed by atoms with Crippen molar-refractivity contribution in [3.8, 4) is 5.75 Å². The second-order valence-corrected chi connectivity index (χ2v) is 11.9. The summed E-state index contributed by atoms with van der Waals surface area (Å²) in [5, 5.41) is 10.1. The maximum absolute atomic E-state index is 13.5. The Morgan fingerprint density at radius 2 is 1.77 bits per heavy atom. The lowest BCUT2D eigenvalue weighted by Gasteiger charge is -2.32. The summed E-state index contributed by atoms with van der Waals surface area (Å²) in [5.74, 6) is -0.273. The standard InChI is InChI=1S/C34H45N9O5/c1-4-43-28(20-24(2)39-43)32(45)38-33-37-27-21-26(31(35)44)22-29(47-19-9-13-41-17-15-40(3)16-18-41)30(27)42(33)14-8-12-36-34(46)48-23-25-10-6-5-7-11-25/h5-7,10-11,20-22H,4,8-9,12-19,23H2,1-3H3,(H2,35,44)(H,36,46)(H,37,38,45). The number of carbonyl (C=O) groups excluding carboxylic acids is 3. The topological polar surface area (TPSA) is 162 Å². The third kappa shape index (κ3) is 8.89. The molecule has 1 aliphatic rings. The molecule has 0 bridgehead atoms. The number of amides is 3. The average Bonchev–Trinajstić information content (AvgIpc) is 3.64. The Bertz CT molecular complexity index is 1710. The number of benzene rings is 2. The van der Waals surface area contributed by atoms with Crippen LogP contribution in [0.15, 0.2) is 48.5 Å². The number of aromatic nitrogens is 4. The summed E-state index contributed by atoms with van der Waals surface area (Å²) >= 11 is 0. The number of nitrogens with one attached hydrogen (secondary N) is 2. The Morgan fingerprint density at radius 1 is 1.00 bits per heavy atom. The van der Waals surface area contributed by atoms with Crippen molar-refractivity contribution in [2.45, 2.75) is 46.4 Å². The molecule has 0 atom stereocenters. The molecule has 0 spiro atoms. The minimum absolute atomic E-state index is 0.167. The zero-order valence-corrected chi connectivity index (χ0v) is 27.9. The van der Waals surface area contributed by atoms with Crippen molar-refractivity contribution in [2.75, 3.05) is 58.2 Å². The van der Waals surface area contributed by atoms with Crippen LogP contribution in [-0.4, -0.2) is 100.0 Å². The van der Waals surface area contributed by atoms with Gasteiger partial charge < -0.3 is 34.9 Å². The molecule has 2 aromatic carbocycles. The maximum Gasteiger partial charge on any atom is 0.407 e. The Balaban J connectivity index is 1.34. The Kier molecular flexibility index (Phi) is 11.6. The Hall–Kier alpha value is -4.95. The molecule has 0 aliphatic carbocycles. The number of ether oxygens (including phenoxy) is 2. The number of hydrogen-bond donors (Lipinski definition) is 3. The highest BCUT2D eigenvalue weighted by molar-refractivity contribution is 6.04. The van der Waals surface area contributed by atoms with Crippen molar-refractivity contribution in [2.24, 2.45) is 5.73 Å². The first-order chi connectivity index (χ1) is 23.2. The van der Waals surface area contributed by atoms with E-state index >= 15 is 0 Å². The van der Waals surface area contributed by atoms with Crippen LogP contribution >= 0.6 is 0 Å². The van der Waals surface area contributed by atoms with E-state index in [-0.39, 0.29) is 24.0 Å². The first-order valence-electron chi connectivity index (χ1n) is 16.4. The third-order valence-corrected chi connectivity index (χ3v) is 8.26. The van der Waals surface area contributed by atoms with Gasteiger partial charge in [-0.1, -0.05) is 30.3 Å². The first kappa shape index (κ1) is 34.4. The maximum atomic E-state index is 13.5. The number of hydrogen-bond acceptors (Lipinski definition) is 9. The lowest BCUT2D eigenvalue weighted by atomic mass is 10.1. The molecule has 2 aromatic heterocycles. The van der Waals surface area contributed by atoms with Crippen molar-refractivity contribution in [1.29, 1.82) is 0 Å². The van der Waals surface area contributed by atoms with Crippen LogP contribution in [-0.2, 0) is 24.4 Å². The van der Waals surface area contributed by atoms with Crippen LogP contribution in [0.25, 0.3) is 11.0 Å². The molecular weight excluding hydrogens is 614 g/mol. The van der Waals surface area contributed by atoms with Crippen LogP contribution in [0.3, 0.4) is 0 Å². The zero-order valence-electron chi connectivity index (χ0n) is 27.9. The van der Waals surface area contributed by atoms with E-state index < -0.39 is 12.0 Å². The minimum Gasteiger partial charge on any atom is -0.491 e. The van der Waals surface area contributed by atoms with E-state index in [1.165, 1.54) is 0 Å². The first-order valence-corrected chi connectivity index (χ1v) is 16.4. The molecule has 5 rings (SSSR count). The van der Waals surface area contributed by atoms with Crippen molar-refractivity contribution in [1.82, 2.24) is 34.4 Å². The minimum atomic E-state index is -0.611. The number of nitrogens with two attached hydrogens (primary N) is 1. The summed E-state index contributed by atoms with van der Waals surface area (Å²) in [6.07, 6.45) is 0.752. The SMILES string of the molecule is CCn1nc(C)cc1C(=O)Nc1nc2cc(C(N)=O)cc(OCCCN3CCN(C)CC3)c2n1CCCNC(=O)OCc1ccccc1. The quantitative estimate of drug-likeness (QED) is 0.163. The Labute approximate surface area is 280 Å². The summed E-state index contributed by atoms with van der Waals surface area (Å²) < 4.78 is 15.1. The molecule has 3 amide bonds. The lowest BCUT2D eigenvalue weighted by Crippen LogP contribution is -2.44. The lowest BCUT2D eigenvalue weighted by molar-refractivity contribution is 0.0995. The molecular formula is C34H45N9O5. The van der Waals surface area contributed by atoms with Crippen LogP contribution < -0.4 is 21.1 Å². The monoisotopic (exact) mass is 659 g/mol. The van der Waals surface area contributed by atoms with Crippen molar-refractivity contribution in [3.63, 3.8) is 0 Å². The number of fused-ring (bicyclic) bond motifs is 1. The molecule has 4 aromatic rings. The molecule has 3 heterocycles. The zero-order chi connectivity index (χ0) is 34.0. The molecule has 0 unspecified atom stereocenters. The summed E-state index contributed by atoms with van der Waals surface area (Å²) in [6.45, 7) is 10.5. The van der Waals surface area contributed by atoms with E-state index in [0.717, 1.165) is 50.4 Å². The highest BCUT2D eigenvalue weighted by atomic mass is 16.5. The van der Waals surface area contributed by atoms with Crippen LogP contribution in [0.5, 0.6) is 5.75 Å². The third-order valence-electron chi connectivity index (χ3n) is 8.26. The van der Waals surface area contributed by atoms with E-state index in [9.17, 15) is 14.4 Å². The number of piperazine rings is 1. The van der Waals surface area contributed by atoms with Gasteiger partial charge in [0.2, 0.25) is 11.9 Å². The van der Waals surface area contributed by atoms with Gasteiger partial charge in [0.05, 0.1) is 17.8 Å². The van der Waals surface area contributed by atoms with Crippen molar-refractivity contribution < 1.29 is 23.9 Å². The van der Waals surface area contributed by atoms with E-state index in [4.69, 9.17) is 20.2 Å². The van der Waals surface area contributed by atoms with Gasteiger partial charge in [-0.25, -0.2) is 9.78 Å². The summed E-state index contributed by atoms with van der Waals surface area (Å²) in [7, 11) is 2.13. The molecule has 1 aliphatic heterocycles. The molecule has 0 radical (unpaired) electrons. The number of primary amides is 1. The smallest absolute Gasteiger partial charge is 0.407 e. The summed E-state index contributed by atoms with van der Waals surface area (Å²) in [4.78, 5) is 47.6. The van der Waals surface area contributed by atoms with E-state index in [1.54, 1.807) is 22.9 Å². The largest absolute Gasteiger partial charge is 0.491 e. The van der Waals surface area contributed by atoms with Gasteiger partial charge in [0.1, 0.15) is 23.6 Å². The fourth-order valence-corrected chi connectivity index (χ4v) is 5.67. The molecule has 48 heavy (non-hydrogen) atoms. The van der Waals surface area contributed by atoms with Crippen LogP contribution in [0.4, 0.5) is 10.7 Å². The van der Waals surface area contributed by atoms with Gasteiger partial charge in [-0.15, -0.1) is 0 Å². The van der Waals surface area contributed by atoms with E-state index in [2.05, 4.69) is 32.6 Å². The van der Waals surface area contributed by atoms with Crippen molar-refractivity contribution >= 4 is 34.9 Å². The van der Waals surface area contributed by atoms with Gasteiger partial charge >= 0.3 is 6.09 Å². The fraction of sp³-hybridized carbons (Fsp3) is 0.441. The van der Waals surface area contributed by atoms with Crippen LogP contribution in [0.1, 0.15) is 51.9 Å². The second kappa shape index (κ2) is 16.2. The molecule has 4 N–H and O–H groups in total. The van der Waals surface area contributed by atoms with Gasteiger partial charge in [0.25, 0.3) is 5.91 Å². The van der Waals surface area contributed by atoms with Gasteiger partial charge in [0, 0.05) is 57.9 Å². The Morgan fingerprint density at radius 3 is 2.50 bits per heavy atom. The normalized spacial score (nSPS) is 13.8. The fourth-order valence-electron chi connectivity index (χ4n) is 5.67. The number of rotatable bonds is 15. The predicted molar refractivity (Wildman–Crippen MR) is 182 cm³/mol. The van der Waals surface area contributed by atoms with Gasteiger partial charge in [-0.05, 0) is 57.5 Å². The molecule has 14 heteroatoms. The molecule has 1 saturated heterocycles. The highest BCUT2D eigenvalue weighted by Gasteiger charge is 2.22. The molecule has 14 nitrogen and oxygen atoms in total.